The summed E-state index contributed by atoms with van der Waals surface area (Å²) >= 11 is 0. The molecule has 7 heteroatoms. The van der Waals surface area contributed by atoms with Gasteiger partial charge in [0.15, 0.2) is 0 Å². The third kappa shape index (κ3) is 4.15. The molecule has 0 bridgehead atoms. The van der Waals surface area contributed by atoms with Crippen molar-refractivity contribution in [2.45, 2.75) is 18.9 Å². The van der Waals surface area contributed by atoms with Gasteiger partial charge in [-0.2, -0.15) is 0 Å². The van der Waals surface area contributed by atoms with Gasteiger partial charge in [-0.25, -0.2) is 0 Å². The van der Waals surface area contributed by atoms with Gasteiger partial charge in [0.05, 0.1) is 12.8 Å². The second-order valence-electron chi connectivity index (χ2n) is 5.91. The number of hydrogen-bond acceptors (Lipinski definition) is 4. The van der Waals surface area contributed by atoms with Crippen molar-refractivity contribution in [2.75, 3.05) is 23.9 Å². The number of amides is 2. The molecular formula is C19H22ClN3O3. The number of carbonyl (C=O) groups excluding carboxylic acids is 2. The van der Waals surface area contributed by atoms with Crippen LogP contribution in [-0.4, -0.2) is 25.5 Å². The van der Waals surface area contributed by atoms with E-state index in [2.05, 4.69) is 5.32 Å². The van der Waals surface area contributed by atoms with Gasteiger partial charge in [-0.05, 0) is 30.2 Å². The number of rotatable bonds is 5. The van der Waals surface area contributed by atoms with Gasteiger partial charge < -0.3 is 20.7 Å². The third-order valence-electron chi connectivity index (χ3n) is 4.25. The maximum absolute atomic E-state index is 12.4. The predicted molar refractivity (Wildman–Crippen MR) is 104 cm³/mol. The summed E-state index contributed by atoms with van der Waals surface area (Å²) in [5.74, 6) is 0.346. The fourth-order valence-electron chi connectivity index (χ4n) is 2.91. The smallest absolute Gasteiger partial charge is 0.245 e. The lowest BCUT2D eigenvalue weighted by Crippen LogP contribution is -2.28. The van der Waals surface area contributed by atoms with Crippen molar-refractivity contribution in [3.8, 4) is 5.75 Å². The highest BCUT2D eigenvalue weighted by Crippen LogP contribution is 2.34. The Morgan fingerprint density at radius 1 is 1.23 bits per heavy atom. The summed E-state index contributed by atoms with van der Waals surface area (Å²) in [6.45, 7) is 0.649. The molecule has 0 radical (unpaired) electrons. The summed E-state index contributed by atoms with van der Waals surface area (Å²) in [6.07, 6.45) is 1.34. The number of nitrogens with one attached hydrogen (secondary N) is 1. The third-order valence-corrected chi connectivity index (χ3v) is 4.25. The molecule has 3 rings (SSSR count). The Morgan fingerprint density at radius 3 is 2.58 bits per heavy atom. The maximum atomic E-state index is 12.4. The molecule has 0 aromatic heterocycles. The monoisotopic (exact) mass is 375 g/mol. The highest BCUT2D eigenvalue weighted by Gasteiger charge is 2.25. The molecule has 1 saturated heterocycles. The van der Waals surface area contributed by atoms with Gasteiger partial charge in [-0.3, -0.25) is 9.59 Å². The van der Waals surface area contributed by atoms with E-state index in [4.69, 9.17) is 10.5 Å². The van der Waals surface area contributed by atoms with Gasteiger partial charge >= 0.3 is 0 Å². The van der Waals surface area contributed by atoms with Crippen LogP contribution in [0.1, 0.15) is 24.4 Å². The molecule has 6 nitrogen and oxygen atoms in total. The number of carbonyl (C=O) groups is 2. The Labute approximate surface area is 158 Å². The van der Waals surface area contributed by atoms with E-state index in [0.717, 1.165) is 12.0 Å². The first-order chi connectivity index (χ1) is 12.1. The number of nitrogens with two attached hydrogens (primary N) is 1. The SMILES string of the molecule is COc1ccc(NC(=O)C(N)c2ccccc2)cc1N1CCCC1=O.Cl. The van der Waals surface area contributed by atoms with E-state index in [9.17, 15) is 9.59 Å². The highest BCUT2D eigenvalue weighted by atomic mass is 35.5. The molecule has 1 aliphatic rings. The molecule has 1 heterocycles. The lowest BCUT2D eigenvalue weighted by atomic mass is 10.1. The lowest BCUT2D eigenvalue weighted by Gasteiger charge is -2.20. The standard InChI is InChI=1S/C19H21N3O3.ClH/c1-25-16-10-9-14(12-15(16)22-11-5-8-17(22)23)21-19(24)18(20)13-6-3-2-4-7-13;/h2-4,6-7,9-10,12,18H,5,8,11,20H2,1H3,(H,21,24);1H. The number of halogens is 1. The molecule has 2 aromatic rings. The number of nitrogens with zero attached hydrogens (tertiary/aromatic N) is 1. The van der Waals surface area contributed by atoms with Crippen LogP contribution in [0, 0.1) is 0 Å². The first kappa shape index (κ1) is 19.8. The van der Waals surface area contributed by atoms with Crippen LogP contribution in [0.5, 0.6) is 5.75 Å². The molecule has 0 spiro atoms. The zero-order valence-corrected chi connectivity index (χ0v) is 15.3. The van der Waals surface area contributed by atoms with Crippen molar-refractivity contribution in [1.82, 2.24) is 0 Å². The molecule has 2 aromatic carbocycles. The largest absolute Gasteiger partial charge is 0.495 e. The van der Waals surface area contributed by atoms with Crippen LogP contribution in [-0.2, 0) is 9.59 Å². The van der Waals surface area contributed by atoms with Crippen molar-refractivity contribution >= 4 is 35.6 Å². The number of ether oxygens (including phenoxy) is 1. The Bertz CT molecular complexity index is 783. The summed E-state index contributed by atoms with van der Waals surface area (Å²) in [6, 6.07) is 13.6. The van der Waals surface area contributed by atoms with Crippen LogP contribution in [0.2, 0.25) is 0 Å². The highest BCUT2D eigenvalue weighted by molar-refractivity contribution is 5.99. The summed E-state index contributed by atoms with van der Waals surface area (Å²) in [5.41, 5.74) is 8.00. The van der Waals surface area contributed by atoms with E-state index in [-0.39, 0.29) is 24.2 Å². The van der Waals surface area contributed by atoms with Gasteiger partial charge in [0, 0.05) is 18.7 Å². The maximum Gasteiger partial charge on any atom is 0.245 e. The minimum absolute atomic E-state index is 0. The van der Waals surface area contributed by atoms with Crippen molar-refractivity contribution in [1.29, 1.82) is 0 Å². The summed E-state index contributed by atoms with van der Waals surface area (Å²) in [5, 5.41) is 2.81. The molecule has 1 fully saturated rings. The average Bonchev–Trinajstić information content (AvgIpc) is 3.07. The summed E-state index contributed by atoms with van der Waals surface area (Å²) in [4.78, 5) is 26.1. The molecule has 0 aliphatic carbocycles. The van der Waals surface area contributed by atoms with Crippen LogP contribution < -0.4 is 20.7 Å². The molecule has 2 amide bonds. The number of hydrogen-bond donors (Lipinski definition) is 2. The molecule has 1 atom stereocenters. The van der Waals surface area contributed by atoms with E-state index < -0.39 is 6.04 Å². The summed E-state index contributed by atoms with van der Waals surface area (Å²) in [7, 11) is 1.56. The second kappa shape index (κ2) is 8.69. The zero-order chi connectivity index (χ0) is 17.8. The van der Waals surface area contributed by atoms with Crippen molar-refractivity contribution in [2.24, 2.45) is 5.73 Å². The second-order valence-corrected chi connectivity index (χ2v) is 5.91. The van der Waals surface area contributed by atoms with E-state index >= 15 is 0 Å². The van der Waals surface area contributed by atoms with Gasteiger partial charge in [-0.15, -0.1) is 12.4 Å². The number of benzene rings is 2. The predicted octanol–water partition coefficient (Wildman–Crippen LogP) is 2.88. The molecular weight excluding hydrogens is 354 g/mol. The quantitative estimate of drug-likeness (QED) is 0.841. The zero-order valence-electron chi connectivity index (χ0n) is 14.5. The topological polar surface area (TPSA) is 84.7 Å². The van der Waals surface area contributed by atoms with E-state index in [1.165, 1.54) is 0 Å². The van der Waals surface area contributed by atoms with Crippen molar-refractivity contribution in [3.05, 3.63) is 54.1 Å². The van der Waals surface area contributed by atoms with Gasteiger partial charge in [0.25, 0.3) is 0 Å². The van der Waals surface area contributed by atoms with E-state index in [1.54, 1.807) is 30.2 Å². The minimum atomic E-state index is -0.764. The molecule has 1 aliphatic heterocycles. The molecule has 138 valence electrons. The Morgan fingerprint density at radius 2 is 1.96 bits per heavy atom. The Kier molecular flexibility index (Phi) is 6.60. The molecule has 3 N–H and O–H groups in total. The normalized spacial score (nSPS) is 14.5. The molecule has 26 heavy (non-hydrogen) atoms. The Hall–Kier alpha value is -2.57. The number of methoxy groups -OCH3 is 1. The molecule has 1 unspecified atom stereocenters. The first-order valence-corrected chi connectivity index (χ1v) is 8.20. The van der Waals surface area contributed by atoms with Crippen LogP contribution in [0.4, 0.5) is 11.4 Å². The number of anilines is 2. The van der Waals surface area contributed by atoms with Gasteiger partial charge in [-0.1, -0.05) is 30.3 Å². The lowest BCUT2D eigenvalue weighted by molar-refractivity contribution is -0.118. The fourth-order valence-corrected chi connectivity index (χ4v) is 2.91. The van der Waals surface area contributed by atoms with Crippen LogP contribution in [0.15, 0.2) is 48.5 Å². The van der Waals surface area contributed by atoms with Gasteiger partial charge in [0.1, 0.15) is 11.8 Å². The van der Waals surface area contributed by atoms with Crippen LogP contribution >= 0.6 is 12.4 Å². The fraction of sp³-hybridized carbons (Fsp3) is 0.263. The Balaban J connectivity index is 0.00000243. The van der Waals surface area contributed by atoms with Gasteiger partial charge in [0.2, 0.25) is 11.8 Å². The van der Waals surface area contributed by atoms with Crippen molar-refractivity contribution < 1.29 is 14.3 Å². The van der Waals surface area contributed by atoms with E-state index in [0.29, 0.717) is 30.1 Å². The van der Waals surface area contributed by atoms with Crippen LogP contribution in [0.3, 0.4) is 0 Å². The minimum Gasteiger partial charge on any atom is -0.495 e. The molecule has 0 saturated carbocycles. The summed E-state index contributed by atoms with van der Waals surface area (Å²) < 4.78 is 5.35. The van der Waals surface area contributed by atoms with E-state index in [1.807, 2.05) is 30.3 Å². The average molecular weight is 376 g/mol. The first-order valence-electron chi connectivity index (χ1n) is 8.20. The van der Waals surface area contributed by atoms with Crippen molar-refractivity contribution in [3.63, 3.8) is 0 Å². The van der Waals surface area contributed by atoms with Crippen LogP contribution in [0.25, 0.3) is 0 Å².